The average molecular weight is 202 g/mol. The molecule has 0 aliphatic carbocycles. The quantitative estimate of drug-likeness (QED) is 0.554. The van der Waals surface area contributed by atoms with Gasteiger partial charge in [0.15, 0.2) is 0 Å². The third-order valence-electron chi connectivity index (χ3n) is 2.34. The van der Waals surface area contributed by atoms with E-state index in [0.717, 1.165) is 22.7 Å². The monoisotopic (exact) mass is 202 g/mol. The number of aryl methyl sites for hydroxylation is 1. The molecule has 0 radical (unpaired) electrons. The van der Waals surface area contributed by atoms with Crippen molar-refractivity contribution < 1.29 is 4.92 Å². The summed E-state index contributed by atoms with van der Waals surface area (Å²) >= 11 is 0. The minimum atomic E-state index is -0.457. The van der Waals surface area contributed by atoms with Crippen LogP contribution in [0.15, 0.2) is 36.7 Å². The second-order valence-corrected chi connectivity index (χ2v) is 3.31. The first-order chi connectivity index (χ1) is 7.18. The van der Waals surface area contributed by atoms with Gasteiger partial charge in [-0.3, -0.25) is 10.1 Å². The standard InChI is InChI=1S/C11H10N2O2/c1-12-7-6-10-9(5-8-13(14)15)3-2-4-11(10)12/h2-8H,1H3/b8-5+. The van der Waals surface area contributed by atoms with Crippen molar-refractivity contribution in [3.05, 3.63) is 52.3 Å². The van der Waals surface area contributed by atoms with E-state index in [1.165, 1.54) is 6.08 Å². The van der Waals surface area contributed by atoms with E-state index < -0.39 is 4.92 Å². The maximum Gasteiger partial charge on any atom is 0.235 e. The third kappa shape index (κ3) is 1.74. The first-order valence-electron chi connectivity index (χ1n) is 4.54. The smallest absolute Gasteiger partial charge is 0.235 e. The molecule has 0 amide bonds. The van der Waals surface area contributed by atoms with Crippen LogP contribution in [0, 0.1) is 10.1 Å². The molecule has 0 atom stereocenters. The molecule has 1 aromatic carbocycles. The minimum absolute atomic E-state index is 0.457. The predicted molar refractivity (Wildman–Crippen MR) is 58.9 cm³/mol. The molecule has 0 saturated heterocycles. The van der Waals surface area contributed by atoms with E-state index in [0.29, 0.717) is 0 Å². The summed E-state index contributed by atoms with van der Waals surface area (Å²) < 4.78 is 1.98. The highest BCUT2D eigenvalue weighted by Gasteiger charge is 2.01. The molecule has 0 fully saturated rings. The minimum Gasteiger partial charge on any atom is -0.351 e. The van der Waals surface area contributed by atoms with E-state index in [1.54, 1.807) is 0 Å². The second-order valence-electron chi connectivity index (χ2n) is 3.31. The molecule has 4 heteroatoms. The molecule has 15 heavy (non-hydrogen) atoms. The summed E-state index contributed by atoms with van der Waals surface area (Å²) in [6.45, 7) is 0. The van der Waals surface area contributed by atoms with Gasteiger partial charge in [-0.1, -0.05) is 12.1 Å². The molecule has 0 unspecified atom stereocenters. The summed E-state index contributed by atoms with van der Waals surface area (Å²) in [4.78, 5) is 9.77. The predicted octanol–water partition coefficient (Wildman–Crippen LogP) is 2.43. The van der Waals surface area contributed by atoms with Gasteiger partial charge in [0.2, 0.25) is 6.20 Å². The third-order valence-corrected chi connectivity index (χ3v) is 2.34. The summed E-state index contributed by atoms with van der Waals surface area (Å²) in [6.07, 6.45) is 4.41. The van der Waals surface area contributed by atoms with Crippen molar-refractivity contribution in [3.63, 3.8) is 0 Å². The van der Waals surface area contributed by atoms with Gasteiger partial charge >= 0.3 is 0 Å². The van der Waals surface area contributed by atoms with Crippen LogP contribution in [0.4, 0.5) is 0 Å². The number of nitrogens with zero attached hydrogens (tertiary/aromatic N) is 2. The molecule has 0 saturated carbocycles. The Bertz CT molecular complexity index is 541. The zero-order valence-corrected chi connectivity index (χ0v) is 8.25. The fourth-order valence-corrected chi connectivity index (χ4v) is 1.61. The molecule has 76 valence electrons. The molecule has 0 N–H and O–H groups in total. The van der Waals surface area contributed by atoms with Crippen LogP contribution >= 0.6 is 0 Å². The van der Waals surface area contributed by atoms with E-state index in [2.05, 4.69) is 0 Å². The van der Waals surface area contributed by atoms with Crippen molar-refractivity contribution >= 4 is 17.0 Å². The second kappa shape index (κ2) is 3.57. The van der Waals surface area contributed by atoms with Gasteiger partial charge in [0, 0.05) is 30.2 Å². The lowest BCUT2D eigenvalue weighted by Gasteiger charge is -1.97. The van der Waals surface area contributed by atoms with Crippen LogP contribution in [0.25, 0.3) is 17.0 Å². The molecular weight excluding hydrogens is 192 g/mol. The van der Waals surface area contributed by atoms with Gasteiger partial charge in [-0.2, -0.15) is 0 Å². The number of fused-ring (bicyclic) bond motifs is 1. The lowest BCUT2D eigenvalue weighted by atomic mass is 10.1. The Morgan fingerprint density at radius 1 is 1.40 bits per heavy atom. The molecule has 0 spiro atoms. The highest BCUT2D eigenvalue weighted by atomic mass is 16.6. The summed E-state index contributed by atoms with van der Waals surface area (Å²) in [6, 6.07) is 7.69. The van der Waals surface area contributed by atoms with Crippen LogP contribution in [0.5, 0.6) is 0 Å². The van der Waals surface area contributed by atoms with E-state index in [4.69, 9.17) is 0 Å². The molecular formula is C11H10N2O2. The van der Waals surface area contributed by atoms with Gasteiger partial charge in [-0.05, 0) is 17.7 Å². The molecule has 0 aliphatic heterocycles. The molecule has 0 bridgehead atoms. The lowest BCUT2D eigenvalue weighted by molar-refractivity contribution is -0.400. The van der Waals surface area contributed by atoms with Gasteiger partial charge in [0.05, 0.1) is 4.92 Å². The molecule has 4 nitrogen and oxygen atoms in total. The van der Waals surface area contributed by atoms with Gasteiger partial charge in [-0.15, -0.1) is 0 Å². The van der Waals surface area contributed by atoms with E-state index in [9.17, 15) is 10.1 Å². The number of benzene rings is 1. The Morgan fingerprint density at radius 3 is 2.93 bits per heavy atom. The van der Waals surface area contributed by atoms with Crippen molar-refractivity contribution in [2.45, 2.75) is 0 Å². The maximum atomic E-state index is 10.2. The number of rotatable bonds is 2. The van der Waals surface area contributed by atoms with Crippen LogP contribution in [-0.4, -0.2) is 9.49 Å². The van der Waals surface area contributed by atoms with E-state index in [-0.39, 0.29) is 0 Å². The van der Waals surface area contributed by atoms with Crippen molar-refractivity contribution in [3.8, 4) is 0 Å². The average Bonchev–Trinajstić information content (AvgIpc) is 2.58. The Hall–Kier alpha value is -2.10. The normalized spacial score (nSPS) is 11.3. The lowest BCUT2D eigenvalue weighted by Crippen LogP contribution is -1.85. The zero-order chi connectivity index (χ0) is 10.8. The van der Waals surface area contributed by atoms with Gasteiger partial charge < -0.3 is 4.57 Å². The van der Waals surface area contributed by atoms with E-state index in [1.807, 2.05) is 42.1 Å². The van der Waals surface area contributed by atoms with Crippen molar-refractivity contribution in [2.24, 2.45) is 7.05 Å². The number of hydrogen-bond donors (Lipinski definition) is 0. The fourth-order valence-electron chi connectivity index (χ4n) is 1.61. The van der Waals surface area contributed by atoms with E-state index >= 15 is 0 Å². The van der Waals surface area contributed by atoms with Gasteiger partial charge in [0.25, 0.3) is 0 Å². The number of nitro groups is 1. The topological polar surface area (TPSA) is 48.1 Å². The van der Waals surface area contributed by atoms with Crippen LogP contribution in [0.3, 0.4) is 0 Å². The maximum absolute atomic E-state index is 10.2. The zero-order valence-electron chi connectivity index (χ0n) is 8.25. The van der Waals surface area contributed by atoms with Crippen LogP contribution in [0.2, 0.25) is 0 Å². The largest absolute Gasteiger partial charge is 0.351 e. The van der Waals surface area contributed by atoms with Crippen LogP contribution in [-0.2, 0) is 7.05 Å². The highest BCUT2D eigenvalue weighted by molar-refractivity contribution is 5.88. The van der Waals surface area contributed by atoms with Gasteiger partial charge in [-0.25, -0.2) is 0 Å². The van der Waals surface area contributed by atoms with Crippen molar-refractivity contribution in [1.82, 2.24) is 4.57 Å². The van der Waals surface area contributed by atoms with Crippen LogP contribution < -0.4 is 0 Å². The first kappa shape index (κ1) is 9.45. The Labute approximate surface area is 86.6 Å². The molecule has 1 aromatic heterocycles. The highest BCUT2D eigenvalue weighted by Crippen LogP contribution is 2.20. The van der Waals surface area contributed by atoms with Gasteiger partial charge in [0.1, 0.15) is 0 Å². The first-order valence-corrected chi connectivity index (χ1v) is 4.54. The SMILES string of the molecule is Cn1ccc2c(/C=C/[N+](=O)[O-])cccc21. The molecule has 0 aliphatic rings. The van der Waals surface area contributed by atoms with Crippen LogP contribution in [0.1, 0.15) is 5.56 Å². The molecule has 2 aromatic rings. The fraction of sp³-hybridized carbons (Fsp3) is 0.0909. The number of aromatic nitrogens is 1. The van der Waals surface area contributed by atoms with Crippen molar-refractivity contribution in [2.75, 3.05) is 0 Å². The molecule has 2 rings (SSSR count). The van der Waals surface area contributed by atoms with Crippen molar-refractivity contribution in [1.29, 1.82) is 0 Å². The number of hydrogen-bond acceptors (Lipinski definition) is 2. The summed E-state index contributed by atoms with van der Waals surface area (Å²) in [5, 5.41) is 11.3. The molecule has 1 heterocycles. The Balaban J connectivity index is 2.56. The Morgan fingerprint density at radius 2 is 2.20 bits per heavy atom. The Kier molecular flexibility index (Phi) is 2.25. The summed E-state index contributed by atoms with van der Waals surface area (Å²) in [5.41, 5.74) is 1.94. The summed E-state index contributed by atoms with van der Waals surface area (Å²) in [7, 11) is 1.95. The summed E-state index contributed by atoms with van der Waals surface area (Å²) in [5.74, 6) is 0.